The summed E-state index contributed by atoms with van der Waals surface area (Å²) in [6, 6.07) is 0. The first kappa shape index (κ1) is 6.05. The van der Waals surface area contributed by atoms with Crippen molar-refractivity contribution in [3.8, 4) is 0 Å². The van der Waals surface area contributed by atoms with Crippen LogP contribution < -0.4 is 0 Å². The SMILES string of the molecule is CCC1C2C3=CC=C3C(C)C12. The molecule has 0 aromatic heterocycles. The summed E-state index contributed by atoms with van der Waals surface area (Å²) in [5.41, 5.74) is 3.40. The molecule has 0 N–H and O–H groups in total. The van der Waals surface area contributed by atoms with Crippen molar-refractivity contribution < 1.29 is 0 Å². The lowest BCUT2D eigenvalue weighted by atomic mass is 9.86. The van der Waals surface area contributed by atoms with Crippen molar-refractivity contribution in [3.05, 3.63) is 23.3 Å². The Bertz CT molecular complexity index is 270. The fraction of sp³-hybridized carbons (Fsp3) is 0.636. The molecule has 2 saturated carbocycles. The molecule has 0 heteroatoms. The third kappa shape index (κ3) is 0.503. The zero-order valence-corrected chi connectivity index (χ0v) is 7.17. The highest BCUT2D eigenvalue weighted by Crippen LogP contribution is 2.68. The van der Waals surface area contributed by atoms with Gasteiger partial charge < -0.3 is 0 Å². The van der Waals surface area contributed by atoms with Gasteiger partial charge in [0.2, 0.25) is 0 Å². The van der Waals surface area contributed by atoms with E-state index in [1.54, 1.807) is 11.1 Å². The van der Waals surface area contributed by atoms with Crippen LogP contribution in [-0.2, 0) is 0 Å². The summed E-state index contributed by atoms with van der Waals surface area (Å²) >= 11 is 0. The number of fused-ring (bicyclic) bond motifs is 3. The van der Waals surface area contributed by atoms with Gasteiger partial charge in [0.25, 0.3) is 0 Å². The summed E-state index contributed by atoms with van der Waals surface area (Å²) in [6.45, 7) is 4.73. The van der Waals surface area contributed by atoms with Gasteiger partial charge in [-0.2, -0.15) is 0 Å². The van der Waals surface area contributed by atoms with Gasteiger partial charge in [-0.1, -0.05) is 32.4 Å². The predicted octanol–water partition coefficient (Wildman–Crippen LogP) is 2.77. The van der Waals surface area contributed by atoms with E-state index in [9.17, 15) is 0 Å². The molecule has 0 bridgehead atoms. The van der Waals surface area contributed by atoms with E-state index < -0.39 is 0 Å². The number of hydrogen-bond acceptors (Lipinski definition) is 0. The molecule has 3 aliphatic carbocycles. The molecule has 0 amide bonds. The number of rotatable bonds is 1. The van der Waals surface area contributed by atoms with Crippen molar-refractivity contribution in [2.24, 2.45) is 23.7 Å². The Labute approximate surface area is 68.0 Å². The van der Waals surface area contributed by atoms with Crippen LogP contribution in [0, 0.1) is 23.7 Å². The van der Waals surface area contributed by atoms with Crippen molar-refractivity contribution in [1.29, 1.82) is 0 Å². The molecule has 58 valence electrons. The molecule has 4 unspecified atom stereocenters. The van der Waals surface area contributed by atoms with Crippen LogP contribution in [0.5, 0.6) is 0 Å². The van der Waals surface area contributed by atoms with E-state index in [0.29, 0.717) is 0 Å². The second kappa shape index (κ2) is 1.63. The highest BCUT2D eigenvalue weighted by Gasteiger charge is 2.60. The fourth-order valence-electron chi connectivity index (χ4n) is 3.25. The lowest BCUT2D eigenvalue weighted by molar-refractivity contribution is 0.548. The molecule has 0 aromatic carbocycles. The maximum atomic E-state index is 2.40. The van der Waals surface area contributed by atoms with Crippen molar-refractivity contribution in [2.75, 3.05) is 0 Å². The van der Waals surface area contributed by atoms with E-state index in [-0.39, 0.29) is 0 Å². The first-order valence-corrected chi connectivity index (χ1v) is 4.76. The van der Waals surface area contributed by atoms with Crippen LogP contribution in [0.25, 0.3) is 0 Å². The fourth-order valence-corrected chi connectivity index (χ4v) is 3.25. The summed E-state index contributed by atoms with van der Waals surface area (Å²) in [7, 11) is 0. The minimum Gasteiger partial charge on any atom is -0.0651 e. The maximum Gasteiger partial charge on any atom is -0.00909 e. The van der Waals surface area contributed by atoms with E-state index in [1.165, 1.54) is 6.42 Å². The van der Waals surface area contributed by atoms with Gasteiger partial charge in [-0.25, -0.2) is 0 Å². The molecule has 3 rings (SSSR count). The molecule has 0 heterocycles. The molecular weight excluding hydrogens is 132 g/mol. The van der Waals surface area contributed by atoms with Crippen molar-refractivity contribution in [1.82, 2.24) is 0 Å². The molecule has 2 fully saturated rings. The molecule has 0 aliphatic heterocycles. The molecular formula is C11H14. The smallest absolute Gasteiger partial charge is 0.00909 e. The van der Waals surface area contributed by atoms with Crippen LogP contribution in [-0.4, -0.2) is 0 Å². The first-order valence-electron chi connectivity index (χ1n) is 4.76. The summed E-state index contributed by atoms with van der Waals surface area (Å²) in [6.07, 6.45) is 6.05. The zero-order chi connectivity index (χ0) is 7.59. The molecule has 3 aliphatic rings. The van der Waals surface area contributed by atoms with E-state index in [2.05, 4.69) is 26.0 Å². The van der Waals surface area contributed by atoms with Gasteiger partial charge in [0.1, 0.15) is 0 Å². The molecule has 11 heavy (non-hydrogen) atoms. The van der Waals surface area contributed by atoms with Gasteiger partial charge in [0.05, 0.1) is 0 Å². The summed E-state index contributed by atoms with van der Waals surface area (Å²) in [5, 5.41) is 0. The van der Waals surface area contributed by atoms with Gasteiger partial charge >= 0.3 is 0 Å². The molecule has 4 atom stereocenters. The van der Waals surface area contributed by atoms with Gasteiger partial charge in [0.15, 0.2) is 0 Å². The van der Waals surface area contributed by atoms with Gasteiger partial charge in [-0.05, 0) is 34.8 Å². The Balaban J connectivity index is 1.93. The van der Waals surface area contributed by atoms with Crippen LogP contribution in [0.3, 0.4) is 0 Å². The quantitative estimate of drug-likeness (QED) is 0.533. The van der Waals surface area contributed by atoms with Crippen LogP contribution in [0.2, 0.25) is 0 Å². The van der Waals surface area contributed by atoms with E-state index in [0.717, 1.165) is 23.7 Å². The van der Waals surface area contributed by atoms with Crippen molar-refractivity contribution in [2.45, 2.75) is 20.3 Å². The molecule has 0 saturated heterocycles. The molecule has 0 radical (unpaired) electrons. The van der Waals surface area contributed by atoms with Crippen LogP contribution in [0.4, 0.5) is 0 Å². The topological polar surface area (TPSA) is 0 Å². The highest BCUT2D eigenvalue weighted by molar-refractivity contribution is 5.56. The lowest BCUT2D eigenvalue weighted by Gasteiger charge is -2.19. The first-order chi connectivity index (χ1) is 5.34. The predicted molar refractivity (Wildman–Crippen MR) is 46.1 cm³/mol. The minimum absolute atomic E-state index is 0.893. The Hall–Kier alpha value is -0.520. The average Bonchev–Trinajstić information content (AvgIpc) is 2.54. The van der Waals surface area contributed by atoms with Crippen LogP contribution in [0.15, 0.2) is 23.3 Å². The van der Waals surface area contributed by atoms with Gasteiger partial charge in [0, 0.05) is 0 Å². The Morgan fingerprint density at radius 2 is 2.00 bits per heavy atom. The Morgan fingerprint density at radius 3 is 2.45 bits per heavy atom. The van der Waals surface area contributed by atoms with Crippen LogP contribution >= 0.6 is 0 Å². The second-order valence-electron chi connectivity index (χ2n) is 4.21. The largest absolute Gasteiger partial charge is 0.0651 e. The number of hydrogen-bond donors (Lipinski definition) is 0. The minimum atomic E-state index is 0.893. The summed E-state index contributed by atoms with van der Waals surface area (Å²) in [4.78, 5) is 0. The monoisotopic (exact) mass is 146 g/mol. The van der Waals surface area contributed by atoms with Crippen LogP contribution in [0.1, 0.15) is 20.3 Å². The van der Waals surface area contributed by atoms with E-state index in [1.807, 2.05) is 0 Å². The van der Waals surface area contributed by atoms with Gasteiger partial charge in [-0.3, -0.25) is 0 Å². The average molecular weight is 146 g/mol. The zero-order valence-electron chi connectivity index (χ0n) is 7.17. The Kier molecular flexibility index (Phi) is 0.894. The summed E-state index contributed by atoms with van der Waals surface area (Å²) < 4.78 is 0. The van der Waals surface area contributed by atoms with E-state index >= 15 is 0 Å². The van der Waals surface area contributed by atoms with Gasteiger partial charge in [-0.15, -0.1) is 0 Å². The highest BCUT2D eigenvalue weighted by atomic mass is 14.6. The van der Waals surface area contributed by atoms with Crippen molar-refractivity contribution in [3.63, 3.8) is 0 Å². The van der Waals surface area contributed by atoms with E-state index in [4.69, 9.17) is 0 Å². The molecule has 0 aromatic rings. The summed E-state index contributed by atoms with van der Waals surface area (Å²) in [5.74, 6) is 3.98. The molecule has 0 nitrogen and oxygen atoms in total. The third-order valence-electron chi connectivity index (χ3n) is 3.90. The lowest BCUT2D eigenvalue weighted by Crippen LogP contribution is -2.06. The van der Waals surface area contributed by atoms with Crippen molar-refractivity contribution >= 4 is 0 Å². The maximum absolute atomic E-state index is 2.40. The second-order valence-corrected chi connectivity index (χ2v) is 4.21. The number of allylic oxidation sites excluding steroid dienone is 4. The standard InChI is InChI=1S/C11H14/c1-3-7-10-6(2)8-4-5-9(8)11(7)10/h4-7,10-11H,3H2,1-2H3. The molecule has 0 spiro atoms. The normalized spacial score (nSPS) is 50.4. The Morgan fingerprint density at radius 1 is 1.27 bits per heavy atom. The third-order valence-corrected chi connectivity index (χ3v) is 3.90.